The third-order valence-electron chi connectivity index (χ3n) is 6.82. The Balaban J connectivity index is 1.77. The Morgan fingerprint density at radius 3 is 2.40 bits per heavy atom. The molecule has 174 valence electrons. The lowest BCUT2D eigenvalue weighted by molar-refractivity contribution is -0.384. The summed E-state index contributed by atoms with van der Waals surface area (Å²) in [5.74, 6) is 1.27. The minimum Gasteiger partial charge on any atom is -0.378 e. The molecule has 0 bridgehead atoms. The quantitative estimate of drug-likeness (QED) is 0.183. The highest BCUT2D eigenvalue weighted by Gasteiger charge is 2.32. The second-order valence-electron chi connectivity index (χ2n) is 9.28. The topological polar surface area (TPSA) is 46.4 Å². The van der Waals surface area contributed by atoms with Crippen LogP contribution in [0.2, 0.25) is 0 Å². The number of nitrogens with zero attached hydrogens (tertiary/aromatic N) is 2. The molecule has 0 aromatic heterocycles. The highest BCUT2D eigenvalue weighted by atomic mass is 32.2. The van der Waals surface area contributed by atoms with E-state index in [0.717, 1.165) is 33.0 Å². The van der Waals surface area contributed by atoms with Gasteiger partial charge in [0.25, 0.3) is 5.69 Å². The van der Waals surface area contributed by atoms with E-state index in [-0.39, 0.29) is 10.6 Å². The molecule has 2 aliphatic heterocycles. The van der Waals surface area contributed by atoms with Gasteiger partial charge in [0.2, 0.25) is 0 Å². The summed E-state index contributed by atoms with van der Waals surface area (Å²) in [7, 11) is 4.10. The maximum atomic E-state index is 11.8. The number of hydrogen-bond acceptors (Lipinski definition) is 5. The van der Waals surface area contributed by atoms with E-state index in [2.05, 4.69) is 66.4 Å². The van der Waals surface area contributed by atoms with Crippen LogP contribution in [0, 0.1) is 16.0 Å². The summed E-state index contributed by atoms with van der Waals surface area (Å²) in [5, 5.41) is 14.2. The molecule has 2 aliphatic rings. The second kappa shape index (κ2) is 8.47. The van der Waals surface area contributed by atoms with Crippen molar-refractivity contribution < 1.29 is 4.92 Å². The molecule has 6 rings (SSSR count). The Hall–Kier alpha value is -3.22. The lowest BCUT2D eigenvalue weighted by Gasteiger charge is -2.32. The zero-order valence-electron chi connectivity index (χ0n) is 19.7. The highest BCUT2D eigenvalue weighted by Crippen LogP contribution is 2.54. The zero-order valence-corrected chi connectivity index (χ0v) is 21.4. The molecule has 0 amide bonds. The van der Waals surface area contributed by atoms with Crippen molar-refractivity contribution in [2.24, 2.45) is 5.92 Å². The van der Waals surface area contributed by atoms with E-state index in [0.29, 0.717) is 5.92 Å². The molecular weight excluding hydrogens is 472 g/mol. The van der Waals surface area contributed by atoms with Gasteiger partial charge in [-0.2, -0.15) is 0 Å². The van der Waals surface area contributed by atoms with Crippen molar-refractivity contribution in [3.8, 4) is 0 Å². The minimum atomic E-state index is -0.289. The van der Waals surface area contributed by atoms with Crippen molar-refractivity contribution in [3.63, 3.8) is 0 Å². The molecule has 2 heterocycles. The molecule has 4 aromatic rings. The summed E-state index contributed by atoms with van der Waals surface area (Å²) in [5.41, 5.74) is 7.05. The normalized spacial score (nSPS) is 18.5. The van der Waals surface area contributed by atoms with Crippen molar-refractivity contribution in [1.82, 2.24) is 0 Å². The van der Waals surface area contributed by atoms with Crippen molar-refractivity contribution in [2.75, 3.05) is 24.7 Å². The SMILES string of the molecule is C[C@H]1CSc2ccc3ccccc3c2/C1=C1/c2cc(N(C)C)ccc2Sc2ccc([N+](=O)[O-])cc21. The van der Waals surface area contributed by atoms with Crippen LogP contribution < -0.4 is 4.90 Å². The monoisotopic (exact) mass is 496 g/mol. The van der Waals surface area contributed by atoms with E-state index in [1.165, 1.54) is 31.7 Å². The van der Waals surface area contributed by atoms with E-state index < -0.39 is 0 Å². The van der Waals surface area contributed by atoms with E-state index in [9.17, 15) is 10.1 Å². The summed E-state index contributed by atoms with van der Waals surface area (Å²) >= 11 is 3.60. The number of nitro groups is 1. The maximum absolute atomic E-state index is 11.8. The zero-order chi connectivity index (χ0) is 24.3. The molecule has 1 atom stereocenters. The summed E-state index contributed by atoms with van der Waals surface area (Å²) < 4.78 is 0. The third-order valence-corrected chi connectivity index (χ3v) is 9.29. The lowest BCUT2D eigenvalue weighted by Crippen LogP contribution is -2.15. The van der Waals surface area contributed by atoms with Crippen molar-refractivity contribution in [2.45, 2.75) is 21.6 Å². The fourth-order valence-electron chi connectivity index (χ4n) is 5.12. The number of thioether (sulfide) groups is 1. The molecule has 0 N–H and O–H groups in total. The van der Waals surface area contributed by atoms with Gasteiger partial charge in [-0.1, -0.05) is 49.0 Å². The molecule has 4 nitrogen and oxygen atoms in total. The number of nitro benzene ring substituents is 1. The molecule has 0 saturated heterocycles. The Morgan fingerprint density at radius 2 is 1.63 bits per heavy atom. The molecule has 35 heavy (non-hydrogen) atoms. The standard InChI is InChI=1S/C29H24N2O2S2/c1-17-16-34-26-11-8-18-6-4-5-7-21(18)29(26)27(17)28-22-14-19(30(2)3)9-12-24(22)35-25-13-10-20(31(32)33)15-23(25)28/h4-15,17H,16H2,1-3H3/b28-27-/t17-/m0/s1. The third kappa shape index (κ3) is 3.63. The van der Waals surface area contributed by atoms with Crippen molar-refractivity contribution >= 4 is 56.8 Å². The van der Waals surface area contributed by atoms with Crippen LogP contribution in [-0.4, -0.2) is 24.8 Å². The Kier molecular flexibility index (Phi) is 5.38. The number of benzene rings is 4. The van der Waals surface area contributed by atoms with Gasteiger partial charge in [-0.15, -0.1) is 11.8 Å². The van der Waals surface area contributed by atoms with Crippen LogP contribution >= 0.6 is 23.5 Å². The molecule has 0 saturated carbocycles. The van der Waals surface area contributed by atoms with Crippen LogP contribution in [0.15, 0.2) is 87.5 Å². The van der Waals surface area contributed by atoms with Gasteiger partial charge in [-0.05, 0) is 69.3 Å². The molecule has 6 heteroatoms. The van der Waals surface area contributed by atoms with Crippen LogP contribution in [-0.2, 0) is 0 Å². The van der Waals surface area contributed by atoms with Crippen LogP contribution in [0.25, 0.3) is 21.9 Å². The lowest BCUT2D eigenvalue weighted by atomic mass is 9.81. The van der Waals surface area contributed by atoms with Crippen LogP contribution in [0.5, 0.6) is 0 Å². The van der Waals surface area contributed by atoms with Gasteiger partial charge in [0.05, 0.1) is 4.92 Å². The van der Waals surface area contributed by atoms with Gasteiger partial charge in [-0.25, -0.2) is 0 Å². The van der Waals surface area contributed by atoms with Gasteiger partial charge in [0.15, 0.2) is 0 Å². The number of anilines is 1. The highest BCUT2D eigenvalue weighted by molar-refractivity contribution is 7.99. The second-order valence-corrected chi connectivity index (χ2v) is 11.4. The molecule has 0 radical (unpaired) electrons. The van der Waals surface area contributed by atoms with E-state index >= 15 is 0 Å². The van der Waals surface area contributed by atoms with Gasteiger partial charge in [-0.3, -0.25) is 10.1 Å². The number of rotatable bonds is 2. The van der Waals surface area contributed by atoms with Crippen molar-refractivity contribution in [1.29, 1.82) is 0 Å². The van der Waals surface area contributed by atoms with Gasteiger partial charge >= 0.3 is 0 Å². The first kappa shape index (κ1) is 22.3. The smallest absolute Gasteiger partial charge is 0.270 e. The summed E-state index contributed by atoms with van der Waals surface area (Å²) in [6, 6.07) is 24.9. The molecule has 0 spiro atoms. The predicted octanol–water partition coefficient (Wildman–Crippen LogP) is 7.98. The molecule has 0 aliphatic carbocycles. The summed E-state index contributed by atoms with van der Waals surface area (Å²) in [6.45, 7) is 2.29. The molecule has 0 unspecified atom stereocenters. The maximum Gasteiger partial charge on any atom is 0.270 e. The molecule has 4 aromatic carbocycles. The fourth-order valence-corrected chi connectivity index (χ4v) is 7.29. The number of non-ortho nitro benzene ring substituents is 1. The predicted molar refractivity (Wildman–Crippen MR) is 148 cm³/mol. The Bertz CT molecular complexity index is 1560. The van der Waals surface area contributed by atoms with Gasteiger partial charge in [0.1, 0.15) is 0 Å². The largest absolute Gasteiger partial charge is 0.378 e. The van der Waals surface area contributed by atoms with Crippen LogP contribution in [0.1, 0.15) is 23.6 Å². The first-order chi connectivity index (χ1) is 16.9. The average molecular weight is 497 g/mol. The molecular formula is C29H24N2O2S2. The van der Waals surface area contributed by atoms with E-state index in [4.69, 9.17) is 0 Å². The van der Waals surface area contributed by atoms with E-state index in [1.807, 2.05) is 31.9 Å². The van der Waals surface area contributed by atoms with Crippen molar-refractivity contribution in [3.05, 3.63) is 99.6 Å². The Morgan fingerprint density at radius 1 is 0.914 bits per heavy atom. The van der Waals surface area contributed by atoms with Crippen LogP contribution in [0.4, 0.5) is 11.4 Å². The first-order valence-electron chi connectivity index (χ1n) is 11.6. The summed E-state index contributed by atoms with van der Waals surface area (Å²) in [6.07, 6.45) is 0. The number of fused-ring (bicyclic) bond motifs is 5. The van der Waals surface area contributed by atoms with Crippen LogP contribution in [0.3, 0.4) is 0 Å². The van der Waals surface area contributed by atoms with Gasteiger partial charge in [0, 0.05) is 57.9 Å². The Labute approximate surface area is 213 Å². The number of allylic oxidation sites excluding steroid dienone is 1. The summed E-state index contributed by atoms with van der Waals surface area (Å²) in [4.78, 5) is 17.1. The average Bonchev–Trinajstić information content (AvgIpc) is 2.86. The number of hydrogen-bond donors (Lipinski definition) is 0. The molecule has 0 fully saturated rings. The van der Waals surface area contributed by atoms with E-state index in [1.54, 1.807) is 23.9 Å². The van der Waals surface area contributed by atoms with Gasteiger partial charge < -0.3 is 4.90 Å². The first-order valence-corrected chi connectivity index (χ1v) is 13.4. The minimum absolute atomic E-state index is 0.130. The fraction of sp³-hybridized carbons (Fsp3) is 0.172.